The third kappa shape index (κ3) is 5.82. The number of amides is 1. The number of nitrogens with zero attached hydrogens (tertiary/aromatic N) is 3. The summed E-state index contributed by atoms with van der Waals surface area (Å²) in [5.74, 6) is 0.638. The Bertz CT molecular complexity index is 1100. The van der Waals surface area contributed by atoms with Crippen molar-refractivity contribution in [3.05, 3.63) is 92.8 Å². The van der Waals surface area contributed by atoms with E-state index in [2.05, 4.69) is 46.3 Å². The summed E-state index contributed by atoms with van der Waals surface area (Å²) in [6.45, 7) is 6.12. The van der Waals surface area contributed by atoms with E-state index in [1.807, 2.05) is 19.9 Å². The van der Waals surface area contributed by atoms with E-state index >= 15 is 0 Å². The number of hydrogen-bond donors (Lipinski definition) is 1. The fourth-order valence-electron chi connectivity index (χ4n) is 3.19. The number of benzene rings is 2. The van der Waals surface area contributed by atoms with Gasteiger partial charge in [-0.3, -0.25) is 14.9 Å². The van der Waals surface area contributed by atoms with Crippen molar-refractivity contribution in [3.8, 4) is 5.69 Å². The van der Waals surface area contributed by atoms with Gasteiger partial charge in [0.15, 0.2) is 0 Å². The van der Waals surface area contributed by atoms with Gasteiger partial charge in [-0.25, -0.2) is 5.43 Å². The maximum absolute atomic E-state index is 12.0. The van der Waals surface area contributed by atoms with Crippen LogP contribution in [0.5, 0.6) is 0 Å². The van der Waals surface area contributed by atoms with Crippen LogP contribution < -0.4 is 5.43 Å². The molecule has 0 spiro atoms. The van der Waals surface area contributed by atoms with Crippen LogP contribution in [0.3, 0.4) is 0 Å². The molecule has 0 unspecified atom stereocenters. The molecule has 3 aromatic rings. The first-order valence-corrected chi connectivity index (χ1v) is 10.9. The highest BCUT2D eigenvalue weighted by Gasteiger charge is 2.10. The van der Waals surface area contributed by atoms with Crippen LogP contribution in [0.2, 0.25) is 0 Å². The van der Waals surface area contributed by atoms with Crippen molar-refractivity contribution in [2.24, 2.45) is 5.10 Å². The zero-order chi connectivity index (χ0) is 22.4. The van der Waals surface area contributed by atoms with Gasteiger partial charge in [0, 0.05) is 40.5 Å². The summed E-state index contributed by atoms with van der Waals surface area (Å²) in [4.78, 5) is 22.3. The molecule has 3 rings (SSSR count). The predicted octanol–water partition coefficient (Wildman–Crippen LogP) is 4.69. The molecule has 1 N–H and O–H groups in total. The minimum Gasteiger partial charge on any atom is -0.318 e. The smallest absolute Gasteiger partial charge is 0.269 e. The minimum atomic E-state index is -0.430. The van der Waals surface area contributed by atoms with Crippen molar-refractivity contribution in [2.45, 2.75) is 26.5 Å². The summed E-state index contributed by atoms with van der Waals surface area (Å²) in [6, 6.07) is 16.7. The molecule has 31 heavy (non-hydrogen) atoms. The second kappa shape index (κ2) is 10.1. The van der Waals surface area contributed by atoms with Gasteiger partial charge in [0.05, 0.1) is 16.9 Å². The van der Waals surface area contributed by atoms with Crippen LogP contribution in [-0.2, 0) is 10.5 Å². The molecule has 1 aromatic heterocycles. The number of nitrogens with one attached hydrogen (secondary N) is 1. The lowest BCUT2D eigenvalue weighted by molar-refractivity contribution is -0.384. The van der Waals surface area contributed by atoms with Crippen molar-refractivity contribution in [1.82, 2.24) is 9.99 Å². The van der Waals surface area contributed by atoms with Crippen molar-refractivity contribution in [3.63, 3.8) is 0 Å². The van der Waals surface area contributed by atoms with Gasteiger partial charge in [-0.2, -0.15) is 5.10 Å². The lowest BCUT2D eigenvalue weighted by Gasteiger charge is -2.09. The molecule has 8 heteroatoms. The Morgan fingerprint density at radius 3 is 2.45 bits per heavy atom. The van der Waals surface area contributed by atoms with E-state index in [4.69, 9.17) is 0 Å². The molecule has 0 saturated heterocycles. The molecule has 0 bridgehead atoms. The van der Waals surface area contributed by atoms with Crippen molar-refractivity contribution in [2.75, 3.05) is 5.75 Å². The molecular weight excluding hydrogens is 412 g/mol. The zero-order valence-electron chi connectivity index (χ0n) is 17.7. The fraction of sp³-hybridized carbons (Fsp3) is 0.217. The number of hydrazone groups is 1. The molecule has 1 heterocycles. The van der Waals surface area contributed by atoms with Crippen LogP contribution in [0.25, 0.3) is 5.69 Å². The Hall–Kier alpha value is -3.39. The first kappa shape index (κ1) is 22.3. The molecule has 0 radical (unpaired) electrons. The minimum absolute atomic E-state index is 0.0579. The molecule has 7 nitrogen and oxygen atoms in total. The lowest BCUT2D eigenvalue weighted by Crippen LogP contribution is -2.19. The molecule has 0 aliphatic heterocycles. The molecule has 1 amide bonds. The average molecular weight is 437 g/mol. The van der Waals surface area contributed by atoms with E-state index < -0.39 is 4.92 Å². The molecular formula is C23H24N4O3S. The van der Waals surface area contributed by atoms with Gasteiger partial charge in [-0.15, -0.1) is 11.8 Å². The molecule has 160 valence electrons. The summed E-state index contributed by atoms with van der Waals surface area (Å²) in [5.41, 5.74) is 8.92. The van der Waals surface area contributed by atoms with Crippen LogP contribution in [0.4, 0.5) is 5.69 Å². The van der Waals surface area contributed by atoms with Crippen LogP contribution in [0.15, 0.2) is 59.7 Å². The summed E-state index contributed by atoms with van der Waals surface area (Å²) in [5, 5.41) is 14.8. The number of rotatable bonds is 8. The third-order valence-electron chi connectivity index (χ3n) is 4.80. The average Bonchev–Trinajstić information content (AvgIpc) is 3.02. The van der Waals surface area contributed by atoms with E-state index in [-0.39, 0.29) is 17.3 Å². The molecule has 0 saturated carbocycles. The van der Waals surface area contributed by atoms with Gasteiger partial charge in [0.2, 0.25) is 5.91 Å². The van der Waals surface area contributed by atoms with Crippen molar-refractivity contribution < 1.29 is 9.72 Å². The van der Waals surface area contributed by atoms with Gasteiger partial charge in [0.25, 0.3) is 5.69 Å². The molecule has 2 aromatic carbocycles. The maximum atomic E-state index is 12.0. The summed E-state index contributed by atoms with van der Waals surface area (Å²) in [6.07, 6.45) is 1.66. The Balaban J connectivity index is 1.52. The van der Waals surface area contributed by atoms with Crippen molar-refractivity contribution >= 4 is 29.6 Å². The van der Waals surface area contributed by atoms with Crippen LogP contribution >= 0.6 is 11.8 Å². The zero-order valence-corrected chi connectivity index (χ0v) is 18.5. The third-order valence-corrected chi connectivity index (χ3v) is 5.81. The Kier molecular flexibility index (Phi) is 7.25. The van der Waals surface area contributed by atoms with Gasteiger partial charge in [0.1, 0.15) is 0 Å². The number of carbonyl (C=O) groups excluding carboxylic acids is 1. The number of hydrogen-bond acceptors (Lipinski definition) is 5. The number of non-ortho nitro benzene ring substituents is 1. The van der Waals surface area contributed by atoms with E-state index in [0.29, 0.717) is 5.75 Å². The van der Waals surface area contributed by atoms with Crippen LogP contribution in [0.1, 0.15) is 28.1 Å². The topological polar surface area (TPSA) is 89.5 Å². The molecule has 0 atom stereocenters. The first-order chi connectivity index (χ1) is 14.8. The fourth-order valence-corrected chi connectivity index (χ4v) is 3.97. The molecule has 0 aliphatic carbocycles. The van der Waals surface area contributed by atoms with E-state index in [0.717, 1.165) is 28.2 Å². The number of carbonyl (C=O) groups is 1. The second-order valence-corrected chi connectivity index (χ2v) is 8.19. The highest BCUT2D eigenvalue weighted by molar-refractivity contribution is 7.99. The number of nitro groups is 1. The first-order valence-electron chi connectivity index (χ1n) is 9.74. The summed E-state index contributed by atoms with van der Waals surface area (Å²) >= 11 is 1.42. The number of thioether (sulfide) groups is 1. The number of nitro benzene ring substituents is 1. The maximum Gasteiger partial charge on any atom is 0.269 e. The van der Waals surface area contributed by atoms with Crippen LogP contribution in [0, 0.1) is 30.9 Å². The Morgan fingerprint density at radius 2 is 1.81 bits per heavy atom. The normalized spacial score (nSPS) is 11.1. The molecule has 0 aliphatic rings. The SMILES string of the molecule is Cc1ccc(-n2c(C)cc(/C=N\NC(=O)CSCc3ccc([N+](=O)[O-])cc3)c2C)cc1. The summed E-state index contributed by atoms with van der Waals surface area (Å²) in [7, 11) is 0. The number of aromatic nitrogens is 1. The second-order valence-electron chi connectivity index (χ2n) is 7.21. The predicted molar refractivity (Wildman–Crippen MR) is 125 cm³/mol. The highest BCUT2D eigenvalue weighted by atomic mass is 32.2. The molecule has 0 fully saturated rings. The lowest BCUT2D eigenvalue weighted by atomic mass is 10.2. The largest absolute Gasteiger partial charge is 0.318 e. The summed E-state index contributed by atoms with van der Waals surface area (Å²) < 4.78 is 2.16. The van der Waals surface area contributed by atoms with Gasteiger partial charge in [-0.05, 0) is 44.5 Å². The van der Waals surface area contributed by atoms with Crippen LogP contribution in [-0.4, -0.2) is 27.4 Å². The van der Waals surface area contributed by atoms with Gasteiger partial charge in [-0.1, -0.05) is 29.8 Å². The quantitative estimate of drug-likeness (QED) is 0.315. The number of aryl methyl sites for hydroxylation is 2. The Morgan fingerprint density at radius 1 is 1.13 bits per heavy atom. The Labute approximate surface area is 185 Å². The van der Waals surface area contributed by atoms with E-state index in [1.54, 1.807) is 18.3 Å². The highest BCUT2D eigenvalue weighted by Crippen LogP contribution is 2.20. The van der Waals surface area contributed by atoms with E-state index in [9.17, 15) is 14.9 Å². The van der Waals surface area contributed by atoms with E-state index in [1.165, 1.54) is 29.5 Å². The van der Waals surface area contributed by atoms with Crippen molar-refractivity contribution in [1.29, 1.82) is 0 Å². The monoisotopic (exact) mass is 436 g/mol. The van der Waals surface area contributed by atoms with Gasteiger partial charge < -0.3 is 4.57 Å². The standard InChI is InChI=1S/C23H24N4O3S/c1-16-4-8-21(9-5-16)26-17(2)12-20(18(26)3)13-24-25-23(28)15-31-14-19-6-10-22(11-7-19)27(29)30/h4-13H,14-15H2,1-3H3,(H,25,28)/b24-13-. The van der Waals surface area contributed by atoms with Gasteiger partial charge >= 0.3 is 0 Å².